The summed E-state index contributed by atoms with van der Waals surface area (Å²) in [5.41, 5.74) is 3.79. The highest BCUT2D eigenvalue weighted by Crippen LogP contribution is 2.43. The Kier molecular flexibility index (Phi) is 7.40. The highest BCUT2D eigenvalue weighted by atomic mass is 32.2. The van der Waals surface area contributed by atoms with Gasteiger partial charge in [0.15, 0.2) is 0 Å². The topological polar surface area (TPSA) is 87.0 Å². The zero-order valence-corrected chi connectivity index (χ0v) is 22.4. The number of aromatic nitrogens is 1. The van der Waals surface area contributed by atoms with E-state index in [0.717, 1.165) is 22.1 Å². The van der Waals surface area contributed by atoms with Gasteiger partial charge in [0.2, 0.25) is 0 Å². The van der Waals surface area contributed by atoms with Crippen LogP contribution in [0.15, 0.2) is 83.8 Å². The van der Waals surface area contributed by atoms with Gasteiger partial charge in [0.1, 0.15) is 11.9 Å². The van der Waals surface area contributed by atoms with E-state index in [-0.39, 0.29) is 18.1 Å². The van der Waals surface area contributed by atoms with Crippen molar-refractivity contribution < 1.29 is 27.7 Å². The Morgan fingerprint density at radius 3 is 2.50 bits per heavy atom. The third-order valence-corrected chi connectivity index (χ3v) is 8.71. The molecule has 3 aromatic carbocycles. The van der Waals surface area contributed by atoms with Crippen molar-refractivity contribution in [3.8, 4) is 5.75 Å². The van der Waals surface area contributed by atoms with Crippen molar-refractivity contribution in [3.63, 3.8) is 0 Å². The second kappa shape index (κ2) is 10.7. The Hall–Kier alpha value is -3.43. The number of benzene rings is 3. The number of aliphatic hydroxyl groups excluding tert-OH is 1. The summed E-state index contributed by atoms with van der Waals surface area (Å²) in [6.07, 6.45) is 2.37. The van der Waals surface area contributed by atoms with Crippen LogP contribution in [0.1, 0.15) is 28.3 Å². The van der Waals surface area contributed by atoms with E-state index in [1.165, 1.54) is 11.1 Å². The van der Waals surface area contributed by atoms with E-state index in [1.807, 2.05) is 55.5 Å². The molecule has 0 saturated heterocycles. The first-order valence-electron chi connectivity index (χ1n) is 12.4. The number of rotatable bonds is 8. The van der Waals surface area contributed by atoms with Gasteiger partial charge in [-0.25, -0.2) is 12.4 Å². The molecule has 2 heterocycles. The van der Waals surface area contributed by atoms with Crippen LogP contribution in [0.2, 0.25) is 0 Å². The van der Waals surface area contributed by atoms with E-state index >= 15 is 0 Å². The third kappa shape index (κ3) is 4.76. The van der Waals surface area contributed by atoms with Crippen LogP contribution in [-0.4, -0.2) is 50.5 Å². The molecule has 0 bridgehead atoms. The number of ether oxygens (including phenoxy) is 3. The number of fused-ring (bicyclic) bond motifs is 3. The SMILES string of the molecule is COC[C@@H](O)[C@H]1OCc2c(c3cc(OC)ccc3n2S(=O)(=O)c2ccc(C)cc2)[C@@H]1/C=C/c1ccccc1. The first-order chi connectivity index (χ1) is 18.3. The molecule has 1 aliphatic heterocycles. The highest BCUT2D eigenvalue weighted by Gasteiger charge is 2.40. The predicted octanol–water partition coefficient (Wildman–Crippen LogP) is 4.90. The van der Waals surface area contributed by atoms with Crippen molar-refractivity contribution >= 4 is 27.0 Å². The van der Waals surface area contributed by atoms with Crippen LogP contribution in [0.4, 0.5) is 0 Å². The zero-order chi connectivity index (χ0) is 26.9. The molecule has 1 aromatic heterocycles. The molecule has 1 N–H and O–H groups in total. The van der Waals surface area contributed by atoms with Crippen molar-refractivity contribution in [3.05, 3.63) is 101 Å². The Bertz CT molecular complexity index is 1560. The van der Waals surface area contributed by atoms with Gasteiger partial charge in [-0.1, -0.05) is 60.2 Å². The van der Waals surface area contributed by atoms with Crippen molar-refractivity contribution in [1.29, 1.82) is 0 Å². The van der Waals surface area contributed by atoms with E-state index in [2.05, 4.69) is 0 Å². The molecule has 198 valence electrons. The molecule has 4 aromatic rings. The van der Waals surface area contributed by atoms with Crippen molar-refractivity contribution in [2.24, 2.45) is 0 Å². The fourth-order valence-corrected chi connectivity index (χ4v) is 6.64. The molecule has 7 nitrogen and oxygen atoms in total. The first-order valence-corrected chi connectivity index (χ1v) is 13.8. The summed E-state index contributed by atoms with van der Waals surface area (Å²) in [6.45, 7) is 2.01. The van der Waals surface area contributed by atoms with Crippen LogP contribution in [0, 0.1) is 6.92 Å². The van der Waals surface area contributed by atoms with Gasteiger partial charge in [0, 0.05) is 18.4 Å². The van der Waals surface area contributed by atoms with Crippen LogP contribution in [-0.2, 0) is 26.1 Å². The molecule has 0 radical (unpaired) electrons. The van der Waals surface area contributed by atoms with Crippen LogP contribution in [0.5, 0.6) is 5.75 Å². The number of nitrogens with zero attached hydrogens (tertiary/aromatic N) is 1. The monoisotopic (exact) mass is 533 g/mol. The van der Waals surface area contributed by atoms with E-state index in [9.17, 15) is 13.5 Å². The minimum absolute atomic E-state index is 0.0124. The van der Waals surface area contributed by atoms with E-state index < -0.39 is 28.1 Å². The molecule has 8 heteroatoms. The lowest BCUT2D eigenvalue weighted by molar-refractivity contribution is -0.0851. The quantitative estimate of drug-likeness (QED) is 0.347. The van der Waals surface area contributed by atoms with E-state index in [1.54, 1.807) is 43.5 Å². The average Bonchev–Trinajstić information content (AvgIpc) is 3.27. The molecule has 0 fully saturated rings. The van der Waals surface area contributed by atoms with Crippen LogP contribution in [0.25, 0.3) is 17.0 Å². The summed E-state index contributed by atoms with van der Waals surface area (Å²) in [7, 11) is -0.851. The molecule has 1 aliphatic rings. The fraction of sp³-hybridized carbons (Fsp3) is 0.267. The normalized spacial score (nSPS) is 18.5. The first kappa shape index (κ1) is 26.2. The molecular weight excluding hydrogens is 502 g/mol. The summed E-state index contributed by atoms with van der Waals surface area (Å²) in [5.74, 6) is 0.157. The molecule has 3 atom stereocenters. The average molecular weight is 534 g/mol. The van der Waals surface area contributed by atoms with Gasteiger partial charge in [-0.05, 0) is 48.4 Å². The largest absolute Gasteiger partial charge is 0.497 e. The van der Waals surface area contributed by atoms with Gasteiger partial charge in [-0.15, -0.1) is 0 Å². The minimum atomic E-state index is -3.95. The molecule has 38 heavy (non-hydrogen) atoms. The van der Waals surface area contributed by atoms with Gasteiger partial charge in [-0.3, -0.25) is 0 Å². The summed E-state index contributed by atoms with van der Waals surface area (Å²) < 4.78 is 46.4. The van der Waals surface area contributed by atoms with Gasteiger partial charge in [0.25, 0.3) is 10.0 Å². The Morgan fingerprint density at radius 2 is 1.82 bits per heavy atom. The maximum absolute atomic E-state index is 14.0. The summed E-state index contributed by atoms with van der Waals surface area (Å²) in [5, 5.41) is 11.7. The third-order valence-electron chi connectivity index (χ3n) is 6.94. The summed E-state index contributed by atoms with van der Waals surface area (Å²) in [6, 6.07) is 22.0. The van der Waals surface area contributed by atoms with Gasteiger partial charge in [0.05, 0.1) is 42.5 Å². The Labute approximate surface area is 222 Å². The summed E-state index contributed by atoms with van der Waals surface area (Å²) in [4.78, 5) is 0.191. The van der Waals surface area contributed by atoms with Crippen LogP contribution < -0.4 is 4.74 Å². The van der Waals surface area contributed by atoms with E-state index in [4.69, 9.17) is 14.2 Å². The Balaban J connectivity index is 1.76. The summed E-state index contributed by atoms with van der Waals surface area (Å²) >= 11 is 0. The molecule has 0 saturated carbocycles. The fourth-order valence-electron chi connectivity index (χ4n) is 5.09. The molecular formula is C30H31NO6S. The van der Waals surface area contributed by atoms with Crippen molar-refractivity contribution in [2.45, 2.75) is 36.6 Å². The van der Waals surface area contributed by atoms with E-state index in [0.29, 0.717) is 17.0 Å². The molecule has 0 aliphatic carbocycles. The second-order valence-electron chi connectivity index (χ2n) is 9.42. The second-order valence-corrected chi connectivity index (χ2v) is 11.2. The van der Waals surface area contributed by atoms with Crippen LogP contribution >= 0.6 is 0 Å². The molecule has 0 unspecified atom stereocenters. The number of methoxy groups -OCH3 is 2. The lowest BCUT2D eigenvalue weighted by atomic mass is 9.85. The standard InChI is InChI=1S/C30H31NO6S/c1-20-9-13-23(14-10-20)38(33,34)31-26-16-12-22(36-3)17-25(26)29-24(15-11-21-7-5-4-6-8-21)30(28(32)19-35-2)37-18-27(29)31/h4-17,24,28,30,32H,18-19H2,1-3H3/b15-11+/t24-,28+,30-/m0/s1. The Morgan fingerprint density at radius 1 is 1.08 bits per heavy atom. The van der Waals surface area contributed by atoms with Crippen molar-refractivity contribution in [1.82, 2.24) is 3.97 Å². The zero-order valence-electron chi connectivity index (χ0n) is 21.6. The lowest BCUT2D eigenvalue weighted by Gasteiger charge is -2.34. The molecule has 0 spiro atoms. The number of hydrogen-bond acceptors (Lipinski definition) is 6. The number of aliphatic hydroxyl groups is 1. The number of hydrogen-bond donors (Lipinski definition) is 1. The van der Waals surface area contributed by atoms with Crippen LogP contribution in [0.3, 0.4) is 0 Å². The van der Waals surface area contributed by atoms with Crippen molar-refractivity contribution in [2.75, 3.05) is 20.8 Å². The minimum Gasteiger partial charge on any atom is -0.497 e. The maximum atomic E-state index is 14.0. The highest BCUT2D eigenvalue weighted by molar-refractivity contribution is 7.90. The predicted molar refractivity (Wildman–Crippen MR) is 147 cm³/mol. The number of aryl methyl sites for hydroxylation is 1. The molecule has 5 rings (SSSR count). The van der Waals surface area contributed by atoms with Gasteiger partial charge in [-0.2, -0.15) is 0 Å². The van der Waals surface area contributed by atoms with Gasteiger partial charge < -0.3 is 19.3 Å². The maximum Gasteiger partial charge on any atom is 0.268 e. The molecule has 0 amide bonds. The smallest absolute Gasteiger partial charge is 0.268 e. The van der Waals surface area contributed by atoms with Gasteiger partial charge >= 0.3 is 0 Å². The lowest BCUT2D eigenvalue weighted by Crippen LogP contribution is -2.40.